The van der Waals surface area contributed by atoms with Gasteiger partial charge in [0, 0.05) is 17.2 Å². The molecule has 0 radical (unpaired) electrons. The number of thiophene rings is 1. The molecule has 20 heavy (non-hydrogen) atoms. The van der Waals surface area contributed by atoms with E-state index in [1.165, 1.54) is 10.4 Å². The summed E-state index contributed by atoms with van der Waals surface area (Å²) >= 11 is 3.43. The highest BCUT2D eigenvalue weighted by atomic mass is 32.2. The number of carboxylic acids is 1. The van der Waals surface area contributed by atoms with Gasteiger partial charge in [0.25, 0.3) is 5.91 Å². The van der Waals surface area contributed by atoms with E-state index in [9.17, 15) is 9.59 Å². The smallest absolute Gasteiger partial charge is 0.308 e. The minimum Gasteiger partial charge on any atom is -0.481 e. The molecule has 0 saturated heterocycles. The molecule has 0 spiro atoms. The molecule has 1 unspecified atom stereocenters. The van der Waals surface area contributed by atoms with Crippen molar-refractivity contribution in [3.8, 4) is 0 Å². The van der Waals surface area contributed by atoms with Crippen LogP contribution in [0.25, 0.3) is 0 Å². The van der Waals surface area contributed by atoms with Crippen LogP contribution >= 0.6 is 23.1 Å². The molecule has 4 nitrogen and oxygen atoms in total. The van der Waals surface area contributed by atoms with E-state index in [0.29, 0.717) is 11.3 Å². The Labute approximate surface area is 127 Å². The molecule has 1 atom stereocenters. The zero-order valence-electron chi connectivity index (χ0n) is 11.5. The minimum atomic E-state index is -0.839. The second kappa shape index (κ2) is 7.13. The lowest BCUT2D eigenvalue weighted by molar-refractivity contribution is -0.141. The van der Waals surface area contributed by atoms with Gasteiger partial charge in [-0.15, -0.1) is 11.3 Å². The molecule has 0 aliphatic carbocycles. The number of carbonyl (C=O) groups is 2. The van der Waals surface area contributed by atoms with Gasteiger partial charge in [0.05, 0.1) is 10.8 Å². The Morgan fingerprint density at radius 3 is 2.95 bits per heavy atom. The van der Waals surface area contributed by atoms with Gasteiger partial charge in [-0.2, -0.15) is 11.8 Å². The lowest BCUT2D eigenvalue weighted by Crippen LogP contribution is -2.32. The number of hydrogen-bond donors (Lipinski definition) is 2. The number of carboxylic acid groups (broad SMARTS) is 1. The monoisotopic (exact) mass is 313 g/mol. The summed E-state index contributed by atoms with van der Waals surface area (Å²) in [5, 5.41) is 11.8. The van der Waals surface area contributed by atoms with Crippen molar-refractivity contribution in [2.75, 3.05) is 12.3 Å². The first-order valence-electron chi connectivity index (χ1n) is 6.82. The Balaban J connectivity index is 1.94. The summed E-state index contributed by atoms with van der Waals surface area (Å²) in [4.78, 5) is 25.1. The molecule has 0 saturated carbocycles. The molecule has 1 amide bonds. The predicted octanol–water partition coefficient (Wildman–Crippen LogP) is 2.77. The highest BCUT2D eigenvalue weighted by Gasteiger charge is 2.20. The number of aryl methyl sites for hydroxylation is 1. The van der Waals surface area contributed by atoms with Crippen LogP contribution in [-0.4, -0.2) is 29.3 Å². The van der Waals surface area contributed by atoms with Gasteiger partial charge in [0.2, 0.25) is 0 Å². The molecule has 0 aromatic carbocycles. The number of nitrogens with one attached hydrogen (secondary N) is 1. The van der Waals surface area contributed by atoms with E-state index in [2.05, 4.69) is 5.32 Å². The second-order valence-corrected chi connectivity index (χ2v) is 7.14. The van der Waals surface area contributed by atoms with Crippen LogP contribution in [0.1, 0.15) is 39.9 Å². The zero-order valence-corrected chi connectivity index (χ0v) is 13.1. The standard InChI is InChI=1S/C14H19NO3S2/c1-2-3-9(14(17)18)7-15-13(16)12-6-10-8-19-5-4-11(10)20-12/h6,9H,2-5,7-8H2,1H3,(H,15,16)(H,17,18). The van der Waals surface area contributed by atoms with E-state index in [1.807, 2.05) is 24.8 Å². The lowest BCUT2D eigenvalue weighted by Gasteiger charge is -2.11. The Hall–Kier alpha value is -1.01. The number of thioether (sulfide) groups is 1. The SMILES string of the molecule is CCCC(CNC(=O)c1cc2c(s1)CCSC2)C(=O)O. The number of amides is 1. The van der Waals surface area contributed by atoms with E-state index in [0.717, 1.165) is 24.3 Å². The molecule has 2 N–H and O–H groups in total. The van der Waals surface area contributed by atoms with Gasteiger partial charge in [0.15, 0.2) is 0 Å². The first kappa shape index (κ1) is 15.4. The molecular formula is C14H19NO3S2. The Morgan fingerprint density at radius 2 is 2.30 bits per heavy atom. The van der Waals surface area contributed by atoms with Crippen molar-refractivity contribution in [3.63, 3.8) is 0 Å². The normalized spacial score (nSPS) is 15.4. The Kier molecular flexibility index (Phi) is 5.48. The van der Waals surface area contributed by atoms with E-state index in [4.69, 9.17) is 5.11 Å². The largest absolute Gasteiger partial charge is 0.481 e. The average molecular weight is 313 g/mol. The number of hydrogen-bond acceptors (Lipinski definition) is 4. The summed E-state index contributed by atoms with van der Waals surface area (Å²) in [5.41, 5.74) is 1.26. The third-order valence-corrected chi connectivity index (χ3v) is 5.59. The third-order valence-electron chi connectivity index (χ3n) is 3.35. The van der Waals surface area contributed by atoms with Crippen molar-refractivity contribution in [3.05, 3.63) is 21.4 Å². The first-order valence-corrected chi connectivity index (χ1v) is 8.79. The molecule has 110 valence electrons. The second-order valence-electron chi connectivity index (χ2n) is 4.90. The summed E-state index contributed by atoms with van der Waals surface area (Å²) in [6, 6.07) is 1.96. The highest BCUT2D eigenvalue weighted by Crippen LogP contribution is 2.31. The van der Waals surface area contributed by atoms with E-state index >= 15 is 0 Å². The van der Waals surface area contributed by atoms with Crippen LogP contribution < -0.4 is 5.32 Å². The van der Waals surface area contributed by atoms with Gasteiger partial charge in [-0.05, 0) is 30.2 Å². The van der Waals surface area contributed by atoms with Gasteiger partial charge >= 0.3 is 5.97 Å². The number of aliphatic carboxylic acids is 1. The maximum absolute atomic E-state index is 12.1. The molecule has 1 aromatic rings. The van der Waals surface area contributed by atoms with Crippen LogP contribution in [0, 0.1) is 5.92 Å². The van der Waals surface area contributed by atoms with E-state index in [-0.39, 0.29) is 12.5 Å². The van der Waals surface area contributed by atoms with Gasteiger partial charge in [-0.3, -0.25) is 9.59 Å². The van der Waals surface area contributed by atoms with Crippen LogP contribution in [0.15, 0.2) is 6.07 Å². The zero-order chi connectivity index (χ0) is 14.5. The van der Waals surface area contributed by atoms with Crippen molar-refractivity contribution in [2.24, 2.45) is 5.92 Å². The maximum atomic E-state index is 12.1. The van der Waals surface area contributed by atoms with Crippen LogP contribution in [0.2, 0.25) is 0 Å². The molecule has 1 aliphatic heterocycles. The molecule has 6 heteroatoms. The lowest BCUT2D eigenvalue weighted by atomic mass is 10.0. The Morgan fingerprint density at radius 1 is 1.50 bits per heavy atom. The summed E-state index contributed by atoms with van der Waals surface area (Å²) in [5.74, 6) is 0.624. The molecule has 1 aliphatic rings. The molecule has 1 aromatic heterocycles. The minimum absolute atomic E-state index is 0.142. The Bertz CT molecular complexity index is 475. The summed E-state index contributed by atoms with van der Waals surface area (Å²) in [6.45, 7) is 2.15. The fourth-order valence-corrected chi connectivity index (χ4v) is 4.51. The van der Waals surface area contributed by atoms with Crippen molar-refractivity contribution < 1.29 is 14.7 Å². The summed E-state index contributed by atoms with van der Waals surface area (Å²) in [6.07, 6.45) is 2.43. The number of fused-ring (bicyclic) bond motifs is 1. The predicted molar refractivity (Wildman–Crippen MR) is 82.6 cm³/mol. The van der Waals surface area contributed by atoms with Crippen LogP contribution in [0.5, 0.6) is 0 Å². The molecular weight excluding hydrogens is 294 g/mol. The van der Waals surface area contributed by atoms with Crippen LogP contribution in [0.3, 0.4) is 0 Å². The number of rotatable bonds is 6. The van der Waals surface area contributed by atoms with E-state index in [1.54, 1.807) is 11.3 Å². The molecule has 0 bridgehead atoms. The van der Waals surface area contributed by atoms with Crippen molar-refractivity contribution >= 4 is 35.0 Å². The first-order chi connectivity index (χ1) is 9.61. The van der Waals surface area contributed by atoms with Gasteiger partial charge < -0.3 is 10.4 Å². The summed E-state index contributed by atoms with van der Waals surface area (Å²) < 4.78 is 0. The quantitative estimate of drug-likeness (QED) is 0.847. The van der Waals surface area contributed by atoms with Crippen molar-refractivity contribution in [1.82, 2.24) is 5.32 Å². The average Bonchev–Trinajstić information content (AvgIpc) is 2.86. The van der Waals surface area contributed by atoms with Crippen LogP contribution in [0.4, 0.5) is 0 Å². The molecule has 0 fully saturated rings. The highest BCUT2D eigenvalue weighted by molar-refractivity contribution is 7.98. The molecule has 2 rings (SSSR count). The van der Waals surface area contributed by atoms with Crippen LogP contribution in [-0.2, 0) is 17.0 Å². The topological polar surface area (TPSA) is 66.4 Å². The third kappa shape index (κ3) is 3.76. The van der Waals surface area contributed by atoms with E-state index < -0.39 is 11.9 Å². The van der Waals surface area contributed by atoms with Crippen molar-refractivity contribution in [2.45, 2.75) is 31.9 Å². The fourth-order valence-electron chi connectivity index (χ4n) is 2.22. The molecule has 2 heterocycles. The van der Waals surface area contributed by atoms with Crippen molar-refractivity contribution in [1.29, 1.82) is 0 Å². The maximum Gasteiger partial charge on any atom is 0.308 e. The van der Waals surface area contributed by atoms with Gasteiger partial charge in [-0.25, -0.2) is 0 Å². The van der Waals surface area contributed by atoms with Gasteiger partial charge in [0.1, 0.15) is 0 Å². The summed E-state index contributed by atoms with van der Waals surface area (Å²) in [7, 11) is 0. The number of carbonyl (C=O) groups excluding carboxylic acids is 1. The van der Waals surface area contributed by atoms with Gasteiger partial charge in [-0.1, -0.05) is 13.3 Å². The fraction of sp³-hybridized carbons (Fsp3) is 0.571.